The Morgan fingerprint density at radius 3 is 2.85 bits per heavy atom. The Morgan fingerprint density at radius 1 is 1.27 bits per heavy atom. The third-order valence-corrected chi connectivity index (χ3v) is 5.93. The first-order chi connectivity index (χ1) is 16.1. The monoisotopic (exact) mass is 468 g/mol. The summed E-state index contributed by atoms with van der Waals surface area (Å²) < 4.78 is 12.9. The van der Waals surface area contributed by atoms with E-state index in [4.69, 9.17) is 9.47 Å². The lowest BCUT2D eigenvalue weighted by Gasteiger charge is -2.17. The van der Waals surface area contributed by atoms with E-state index >= 15 is 0 Å². The summed E-state index contributed by atoms with van der Waals surface area (Å²) in [5.41, 5.74) is 1.35. The predicted octanol–water partition coefficient (Wildman–Crippen LogP) is 1.61. The Balaban J connectivity index is 1.49. The maximum atomic E-state index is 12.7. The van der Waals surface area contributed by atoms with Gasteiger partial charge >= 0.3 is 0 Å². The van der Waals surface area contributed by atoms with Crippen LogP contribution in [-0.2, 0) is 9.53 Å². The van der Waals surface area contributed by atoms with Gasteiger partial charge in [0.1, 0.15) is 40.6 Å². The number of fused-ring (bicyclic) bond motifs is 1. The number of hydrogen-bond donors (Lipinski definition) is 3. The normalized spacial score (nSPS) is 20.2. The van der Waals surface area contributed by atoms with Crippen LogP contribution in [0.25, 0.3) is 21.9 Å². The molecule has 11 nitrogen and oxygen atoms in total. The zero-order chi connectivity index (χ0) is 22.8. The Bertz CT molecular complexity index is 1250. The van der Waals surface area contributed by atoms with Crippen molar-refractivity contribution >= 4 is 34.4 Å². The molecule has 12 heteroatoms. The smallest absolute Gasteiger partial charge is 0.264 e. The minimum absolute atomic E-state index is 0.167. The summed E-state index contributed by atoms with van der Waals surface area (Å²) in [5, 5.41) is 25.0. The fourth-order valence-electron chi connectivity index (χ4n) is 3.63. The average molecular weight is 468 g/mol. The molecule has 0 aliphatic carbocycles. The summed E-state index contributed by atoms with van der Waals surface area (Å²) >= 11 is 1.40. The molecule has 33 heavy (non-hydrogen) atoms. The number of nitrogens with one attached hydrogen (secondary N) is 1. The molecule has 1 saturated heterocycles. The van der Waals surface area contributed by atoms with Crippen molar-refractivity contribution in [2.75, 3.05) is 18.5 Å². The molecule has 0 spiro atoms. The van der Waals surface area contributed by atoms with Gasteiger partial charge in [-0.2, -0.15) is 0 Å². The number of nitrogens with zero attached hydrogens (tertiary/aromatic N) is 5. The number of hydrogen-bond acceptors (Lipinski definition) is 10. The maximum Gasteiger partial charge on any atom is 0.264 e. The van der Waals surface area contributed by atoms with Crippen molar-refractivity contribution in [3.05, 3.63) is 48.2 Å². The summed E-state index contributed by atoms with van der Waals surface area (Å²) in [6.07, 6.45) is 0.913. The number of anilines is 1. The Hall–Kier alpha value is -3.45. The number of rotatable bonds is 7. The highest BCUT2D eigenvalue weighted by molar-refractivity contribution is 7.13. The van der Waals surface area contributed by atoms with E-state index in [0.717, 1.165) is 0 Å². The van der Waals surface area contributed by atoms with E-state index in [1.165, 1.54) is 17.7 Å². The number of imidazole rings is 1. The van der Waals surface area contributed by atoms with Crippen LogP contribution in [-0.4, -0.2) is 66.0 Å². The third kappa shape index (κ3) is 4.28. The summed E-state index contributed by atoms with van der Waals surface area (Å²) in [7, 11) is 0. The molecule has 3 atom stereocenters. The van der Waals surface area contributed by atoms with Crippen molar-refractivity contribution < 1.29 is 24.5 Å². The Morgan fingerprint density at radius 2 is 2.12 bits per heavy atom. The Kier molecular flexibility index (Phi) is 5.96. The number of aliphatic hydroxyl groups excluding tert-OH is 2. The lowest BCUT2D eigenvalue weighted by atomic mass is 10.2. The molecule has 0 unspecified atom stereocenters. The largest absolute Gasteiger partial charge is 0.484 e. The van der Waals surface area contributed by atoms with Crippen LogP contribution in [0.2, 0.25) is 0 Å². The molecule has 4 aromatic rings. The molecule has 1 aliphatic heterocycles. The minimum Gasteiger partial charge on any atom is -0.484 e. The van der Waals surface area contributed by atoms with Gasteiger partial charge < -0.3 is 19.7 Å². The van der Waals surface area contributed by atoms with Crippen LogP contribution in [0.3, 0.4) is 0 Å². The number of para-hydroxylation sites is 1. The van der Waals surface area contributed by atoms with Gasteiger partial charge in [0.25, 0.3) is 5.91 Å². The third-order valence-electron chi connectivity index (χ3n) is 5.15. The van der Waals surface area contributed by atoms with Crippen LogP contribution in [0.15, 0.2) is 48.2 Å². The summed E-state index contributed by atoms with van der Waals surface area (Å²) in [5.74, 6) is 0.295. The number of carbonyl (C=O) groups excluding carboxylic acids is 1. The van der Waals surface area contributed by atoms with Gasteiger partial charge in [-0.3, -0.25) is 14.7 Å². The number of amides is 1. The first-order valence-electron chi connectivity index (χ1n) is 10.2. The molecule has 1 amide bonds. The molecule has 1 aromatic carbocycles. The van der Waals surface area contributed by atoms with Gasteiger partial charge in [0.15, 0.2) is 12.3 Å². The quantitative estimate of drug-likeness (QED) is 0.368. The zero-order valence-electron chi connectivity index (χ0n) is 17.2. The fourth-order valence-corrected chi connectivity index (χ4v) is 4.26. The van der Waals surface area contributed by atoms with Gasteiger partial charge in [-0.05, 0) is 12.1 Å². The van der Waals surface area contributed by atoms with Crippen molar-refractivity contribution in [3.63, 3.8) is 0 Å². The van der Waals surface area contributed by atoms with E-state index in [1.54, 1.807) is 22.9 Å². The molecule has 3 N–H and O–H groups in total. The van der Waals surface area contributed by atoms with Crippen molar-refractivity contribution in [2.24, 2.45) is 0 Å². The van der Waals surface area contributed by atoms with Gasteiger partial charge in [0.2, 0.25) is 5.95 Å². The average Bonchev–Trinajstić information content (AvgIpc) is 3.56. The molecule has 0 saturated carbocycles. The van der Waals surface area contributed by atoms with Crippen LogP contribution in [0.1, 0.15) is 12.6 Å². The number of ether oxygens (including phenoxy) is 2. The van der Waals surface area contributed by atoms with Crippen molar-refractivity contribution in [1.82, 2.24) is 24.5 Å². The molecule has 3 aromatic heterocycles. The minimum atomic E-state index is -0.873. The second-order valence-electron chi connectivity index (χ2n) is 7.30. The van der Waals surface area contributed by atoms with E-state index in [1.807, 2.05) is 23.6 Å². The number of aromatic nitrogens is 5. The van der Waals surface area contributed by atoms with E-state index in [9.17, 15) is 15.0 Å². The summed E-state index contributed by atoms with van der Waals surface area (Å²) in [6, 6.07) is 8.98. The van der Waals surface area contributed by atoms with Crippen LogP contribution in [0.5, 0.6) is 5.75 Å². The predicted molar refractivity (Wildman–Crippen MR) is 119 cm³/mol. The van der Waals surface area contributed by atoms with Gasteiger partial charge in [0.05, 0.1) is 12.7 Å². The van der Waals surface area contributed by atoms with E-state index in [0.29, 0.717) is 27.6 Å². The first kappa shape index (κ1) is 21.4. The van der Waals surface area contributed by atoms with E-state index in [-0.39, 0.29) is 25.6 Å². The highest BCUT2D eigenvalue weighted by Gasteiger charge is 2.37. The molecule has 1 aliphatic rings. The molecule has 1 fully saturated rings. The van der Waals surface area contributed by atoms with Crippen molar-refractivity contribution in [3.8, 4) is 16.5 Å². The lowest BCUT2D eigenvalue weighted by molar-refractivity contribution is -0.118. The molecule has 0 radical (unpaired) electrons. The zero-order valence-corrected chi connectivity index (χ0v) is 18.1. The van der Waals surface area contributed by atoms with Crippen LogP contribution in [0, 0.1) is 0 Å². The highest BCUT2D eigenvalue weighted by Crippen LogP contribution is 2.36. The highest BCUT2D eigenvalue weighted by atomic mass is 32.1. The summed E-state index contributed by atoms with van der Waals surface area (Å²) in [4.78, 5) is 30.2. The molecular formula is C21H20N6O5S. The molecule has 170 valence electrons. The van der Waals surface area contributed by atoms with E-state index in [2.05, 4.69) is 25.3 Å². The Labute approximate surface area is 191 Å². The number of benzene rings is 1. The number of thiazole rings is 1. The van der Waals surface area contributed by atoms with Gasteiger partial charge in [0, 0.05) is 18.0 Å². The molecular weight excluding hydrogens is 448 g/mol. The van der Waals surface area contributed by atoms with Gasteiger partial charge in [-0.1, -0.05) is 18.2 Å². The summed E-state index contributed by atoms with van der Waals surface area (Å²) in [6.45, 7) is -0.568. The van der Waals surface area contributed by atoms with Crippen LogP contribution in [0.4, 0.5) is 5.95 Å². The van der Waals surface area contributed by atoms with E-state index < -0.39 is 24.3 Å². The van der Waals surface area contributed by atoms with Crippen LogP contribution >= 0.6 is 11.3 Å². The standard InChI is InChI=1S/C21H20N6O5S/c28-9-14-13(29)8-16(32-14)27-19-17(18(23-11-24-19)20-22-6-7-33-20)26-21(27)25-15(30)10-31-12-4-2-1-3-5-12/h1-7,11,13-14,16,28-29H,8-10H2,(H,25,26,30)/t13-,14+,16+/m0/s1. The topological polar surface area (TPSA) is 145 Å². The van der Waals surface area contributed by atoms with Gasteiger partial charge in [-0.25, -0.2) is 19.9 Å². The fraction of sp³-hybridized carbons (Fsp3) is 0.286. The molecule has 4 heterocycles. The van der Waals surface area contributed by atoms with Crippen molar-refractivity contribution in [2.45, 2.75) is 24.9 Å². The first-order valence-corrected chi connectivity index (χ1v) is 11.1. The number of carbonyl (C=O) groups is 1. The SMILES string of the molecule is O=C(COc1ccccc1)Nc1nc2c(-c3nccs3)ncnc2n1[C@H]1C[C@H](O)[C@@H](CO)O1. The van der Waals surface area contributed by atoms with Crippen LogP contribution < -0.4 is 10.1 Å². The molecule has 5 rings (SSSR count). The van der Waals surface area contributed by atoms with Crippen molar-refractivity contribution in [1.29, 1.82) is 0 Å². The molecule has 0 bridgehead atoms. The number of aliphatic hydroxyl groups is 2. The van der Waals surface area contributed by atoms with Gasteiger partial charge in [-0.15, -0.1) is 11.3 Å². The second kappa shape index (κ2) is 9.19. The maximum absolute atomic E-state index is 12.7. The lowest BCUT2D eigenvalue weighted by Crippen LogP contribution is -2.25. The second-order valence-corrected chi connectivity index (χ2v) is 8.20.